The van der Waals surface area contributed by atoms with Crippen molar-refractivity contribution >= 4 is 5.97 Å². The van der Waals surface area contributed by atoms with Crippen molar-refractivity contribution in [3.05, 3.63) is 53.7 Å². The molecule has 21 heavy (non-hydrogen) atoms. The number of pyridine rings is 1. The van der Waals surface area contributed by atoms with Crippen LogP contribution in [0.5, 0.6) is 0 Å². The van der Waals surface area contributed by atoms with E-state index in [1.54, 1.807) is 26.1 Å². The summed E-state index contributed by atoms with van der Waals surface area (Å²) in [6, 6.07) is 11.1. The summed E-state index contributed by atoms with van der Waals surface area (Å²) < 4.78 is 5.09. The van der Waals surface area contributed by atoms with Gasteiger partial charge in [0.2, 0.25) is 0 Å². The average Bonchev–Trinajstić information content (AvgIpc) is 2.78. The number of aliphatic hydroxyl groups is 1. The number of hydrogen-bond donors (Lipinski definition) is 1. The highest BCUT2D eigenvalue weighted by Crippen LogP contribution is 2.50. The molecule has 1 aromatic carbocycles. The number of fused-ring (bicyclic) bond motifs is 3. The fourth-order valence-corrected chi connectivity index (χ4v) is 3.00. The Labute approximate surface area is 123 Å². The Balaban J connectivity index is 2.20. The smallest absolute Gasteiger partial charge is 0.312 e. The zero-order valence-electron chi connectivity index (χ0n) is 12.0. The van der Waals surface area contributed by atoms with E-state index in [2.05, 4.69) is 4.98 Å². The van der Waals surface area contributed by atoms with E-state index in [0.717, 1.165) is 11.3 Å². The van der Waals surface area contributed by atoms with E-state index in [0.29, 0.717) is 17.7 Å². The minimum Gasteiger partial charge on any atom is -0.466 e. The van der Waals surface area contributed by atoms with Crippen molar-refractivity contribution in [3.63, 3.8) is 0 Å². The summed E-state index contributed by atoms with van der Waals surface area (Å²) in [7, 11) is 0. The van der Waals surface area contributed by atoms with Gasteiger partial charge in [0.1, 0.15) is 5.60 Å². The molecule has 0 fully saturated rings. The molecule has 4 nitrogen and oxygen atoms in total. The minimum atomic E-state index is -1.40. The number of carbonyl (C=O) groups excluding carboxylic acids is 1. The summed E-state index contributed by atoms with van der Waals surface area (Å²) in [5, 5.41) is 11.3. The lowest BCUT2D eigenvalue weighted by atomic mass is 9.80. The molecular weight excluding hydrogens is 266 g/mol. The Hall–Kier alpha value is -2.20. The highest BCUT2D eigenvalue weighted by atomic mass is 16.5. The van der Waals surface area contributed by atoms with Crippen molar-refractivity contribution in [2.75, 3.05) is 6.61 Å². The van der Waals surface area contributed by atoms with Crippen molar-refractivity contribution in [2.45, 2.75) is 19.4 Å². The van der Waals surface area contributed by atoms with E-state index in [9.17, 15) is 9.90 Å². The summed E-state index contributed by atoms with van der Waals surface area (Å²) in [6.45, 7) is 3.74. The average molecular weight is 283 g/mol. The van der Waals surface area contributed by atoms with Crippen molar-refractivity contribution in [1.82, 2.24) is 4.98 Å². The van der Waals surface area contributed by atoms with Gasteiger partial charge in [0, 0.05) is 17.3 Å². The van der Waals surface area contributed by atoms with Crippen LogP contribution < -0.4 is 0 Å². The van der Waals surface area contributed by atoms with Crippen LogP contribution in [0.2, 0.25) is 0 Å². The Morgan fingerprint density at radius 1 is 1.29 bits per heavy atom. The molecule has 1 aliphatic rings. The quantitative estimate of drug-likeness (QED) is 0.879. The van der Waals surface area contributed by atoms with E-state index in [1.165, 1.54) is 0 Å². The number of ether oxygens (including phenoxy) is 1. The molecule has 0 bridgehead atoms. The molecule has 108 valence electrons. The van der Waals surface area contributed by atoms with Crippen LogP contribution in [0.3, 0.4) is 0 Å². The van der Waals surface area contributed by atoms with Gasteiger partial charge < -0.3 is 9.84 Å². The monoisotopic (exact) mass is 283 g/mol. The third-order valence-corrected chi connectivity index (χ3v) is 4.08. The van der Waals surface area contributed by atoms with E-state index < -0.39 is 17.5 Å². The lowest BCUT2D eigenvalue weighted by Crippen LogP contribution is -2.38. The number of hydrogen-bond acceptors (Lipinski definition) is 4. The van der Waals surface area contributed by atoms with Crippen LogP contribution in [0.25, 0.3) is 11.3 Å². The fraction of sp³-hybridized carbons (Fsp3) is 0.294. The van der Waals surface area contributed by atoms with Gasteiger partial charge in [0.05, 0.1) is 18.2 Å². The predicted molar refractivity (Wildman–Crippen MR) is 78.5 cm³/mol. The lowest BCUT2D eigenvalue weighted by molar-refractivity contribution is -0.155. The molecule has 1 aliphatic carbocycles. The van der Waals surface area contributed by atoms with E-state index in [-0.39, 0.29) is 0 Å². The molecule has 0 amide bonds. The number of rotatable bonds is 3. The van der Waals surface area contributed by atoms with Gasteiger partial charge in [-0.25, -0.2) is 0 Å². The first-order chi connectivity index (χ1) is 10.1. The molecule has 1 aromatic heterocycles. The maximum atomic E-state index is 12.2. The van der Waals surface area contributed by atoms with Gasteiger partial charge in [-0.05, 0) is 25.5 Å². The second-order valence-electron chi connectivity index (χ2n) is 5.19. The van der Waals surface area contributed by atoms with Crippen LogP contribution in [-0.2, 0) is 15.1 Å². The van der Waals surface area contributed by atoms with Crippen molar-refractivity contribution in [1.29, 1.82) is 0 Å². The maximum absolute atomic E-state index is 12.2. The first-order valence-corrected chi connectivity index (χ1v) is 7.05. The lowest BCUT2D eigenvalue weighted by Gasteiger charge is -2.30. The second-order valence-corrected chi connectivity index (χ2v) is 5.19. The predicted octanol–water partition coefficient (Wildman–Crippen LogP) is 2.50. The second kappa shape index (κ2) is 4.97. The van der Waals surface area contributed by atoms with Crippen LogP contribution in [0.4, 0.5) is 0 Å². The maximum Gasteiger partial charge on any atom is 0.312 e. The summed E-state index contributed by atoms with van der Waals surface area (Å²) >= 11 is 0. The normalized spacial score (nSPS) is 20.5. The first kappa shape index (κ1) is 13.8. The highest BCUT2D eigenvalue weighted by molar-refractivity contribution is 5.83. The van der Waals surface area contributed by atoms with Crippen LogP contribution >= 0.6 is 0 Å². The van der Waals surface area contributed by atoms with Gasteiger partial charge in [-0.15, -0.1) is 0 Å². The Morgan fingerprint density at radius 2 is 2.00 bits per heavy atom. The summed E-state index contributed by atoms with van der Waals surface area (Å²) in [5.41, 5.74) is 1.57. The summed E-state index contributed by atoms with van der Waals surface area (Å²) in [5.74, 6) is -1.12. The third kappa shape index (κ3) is 1.87. The fourth-order valence-electron chi connectivity index (χ4n) is 3.00. The standard InChI is InChI=1S/C17H17NO3/c1-3-21-16(19)11(2)17(20)13-8-5-4-7-12(13)15-14(17)9-6-10-18-15/h4-11,20H,3H2,1-2H3/t11-,17+/m0/s1. The van der Waals surface area contributed by atoms with Crippen molar-refractivity contribution < 1.29 is 14.6 Å². The van der Waals surface area contributed by atoms with Crippen LogP contribution in [0.1, 0.15) is 25.0 Å². The number of aromatic nitrogens is 1. The number of benzene rings is 1. The first-order valence-electron chi connectivity index (χ1n) is 7.05. The zero-order valence-corrected chi connectivity index (χ0v) is 12.0. The molecule has 0 saturated heterocycles. The van der Waals surface area contributed by atoms with Gasteiger partial charge in [0.15, 0.2) is 0 Å². The molecule has 0 radical (unpaired) electrons. The third-order valence-electron chi connectivity index (χ3n) is 4.08. The molecule has 0 saturated carbocycles. The SMILES string of the molecule is CCOC(=O)[C@H](C)[C@@]1(O)c2ccccc2-c2ncccc21. The minimum absolute atomic E-state index is 0.292. The molecule has 0 spiro atoms. The number of carbonyl (C=O) groups is 1. The van der Waals surface area contributed by atoms with Gasteiger partial charge in [-0.3, -0.25) is 9.78 Å². The Bertz CT molecular complexity index is 650. The van der Waals surface area contributed by atoms with E-state index in [4.69, 9.17) is 4.74 Å². The number of nitrogens with zero attached hydrogens (tertiary/aromatic N) is 1. The van der Waals surface area contributed by atoms with E-state index in [1.807, 2.05) is 30.3 Å². The van der Waals surface area contributed by atoms with Crippen LogP contribution in [-0.4, -0.2) is 22.7 Å². The Morgan fingerprint density at radius 3 is 2.76 bits per heavy atom. The van der Waals surface area contributed by atoms with E-state index >= 15 is 0 Å². The summed E-state index contributed by atoms with van der Waals surface area (Å²) in [6.07, 6.45) is 1.69. The molecule has 1 heterocycles. The molecule has 3 rings (SSSR count). The molecular formula is C17H17NO3. The topological polar surface area (TPSA) is 59.4 Å². The Kier molecular flexibility index (Phi) is 3.26. The number of esters is 1. The highest BCUT2D eigenvalue weighted by Gasteiger charge is 2.49. The van der Waals surface area contributed by atoms with Crippen molar-refractivity contribution in [2.24, 2.45) is 5.92 Å². The van der Waals surface area contributed by atoms with Gasteiger partial charge in [-0.2, -0.15) is 0 Å². The van der Waals surface area contributed by atoms with Gasteiger partial charge in [-0.1, -0.05) is 30.3 Å². The summed E-state index contributed by atoms with van der Waals surface area (Å²) in [4.78, 5) is 16.5. The van der Waals surface area contributed by atoms with Crippen LogP contribution in [0, 0.1) is 5.92 Å². The molecule has 2 aromatic rings. The van der Waals surface area contributed by atoms with Gasteiger partial charge in [0.25, 0.3) is 0 Å². The van der Waals surface area contributed by atoms with Crippen LogP contribution in [0.15, 0.2) is 42.6 Å². The van der Waals surface area contributed by atoms with Gasteiger partial charge >= 0.3 is 5.97 Å². The molecule has 4 heteroatoms. The largest absolute Gasteiger partial charge is 0.466 e. The zero-order chi connectivity index (χ0) is 15.0. The molecule has 0 aliphatic heterocycles. The van der Waals surface area contributed by atoms with Crippen molar-refractivity contribution in [3.8, 4) is 11.3 Å². The molecule has 1 N–H and O–H groups in total. The molecule has 0 unspecified atom stereocenters. The molecule has 2 atom stereocenters.